The van der Waals surface area contributed by atoms with E-state index < -0.39 is 11.9 Å². The first kappa shape index (κ1) is 18.8. The number of carbonyl (C=O) groups is 2. The molecule has 2 aromatic carbocycles. The molecule has 8 heteroatoms. The van der Waals surface area contributed by atoms with Crippen LogP contribution < -0.4 is 18.9 Å². The van der Waals surface area contributed by atoms with Crippen LogP contribution >= 0.6 is 11.6 Å². The van der Waals surface area contributed by atoms with Crippen LogP contribution in [0.2, 0.25) is 5.02 Å². The Morgan fingerprint density at radius 3 is 2.59 bits per heavy atom. The summed E-state index contributed by atoms with van der Waals surface area (Å²) >= 11 is 6.18. The van der Waals surface area contributed by atoms with Gasteiger partial charge < -0.3 is 23.7 Å². The highest BCUT2D eigenvalue weighted by molar-refractivity contribution is 6.32. The number of carbonyl (C=O) groups excluding carboxylic acids is 2. The molecule has 0 atom stereocenters. The molecule has 0 bridgehead atoms. The lowest BCUT2D eigenvalue weighted by Gasteiger charge is -2.20. The lowest BCUT2D eigenvalue weighted by Crippen LogP contribution is -2.17. The first-order valence-electron chi connectivity index (χ1n) is 8.07. The molecule has 0 saturated heterocycles. The second kappa shape index (κ2) is 8.18. The number of halogens is 1. The molecule has 0 N–H and O–H groups in total. The second-order valence-electron chi connectivity index (χ2n) is 5.61. The van der Waals surface area contributed by atoms with Crippen molar-refractivity contribution < 1.29 is 33.3 Å². The summed E-state index contributed by atoms with van der Waals surface area (Å²) in [6.07, 6.45) is -0.0295. The van der Waals surface area contributed by atoms with Crippen LogP contribution in [0.1, 0.15) is 15.9 Å². The molecule has 0 unspecified atom stereocenters. The summed E-state index contributed by atoms with van der Waals surface area (Å²) in [4.78, 5) is 23.9. The van der Waals surface area contributed by atoms with E-state index in [0.717, 1.165) is 0 Å². The molecule has 0 fully saturated rings. The van der Waals surface area contributed by atoms with E-state index in [0.29, 0.717) is 35.3 Å². The van der Waals surface area contributed by atoms with Crippen molar-refractivity contribution in [1.82, 2.24) is 0 Å². The zero-order valence-corrected chi connectivity index (χ0v) is 15.5. The summed E-state index contributed by atoms with van der Waals surface area (Å²) in [6.45, 7) is 0.844. The van der Waals surface area contributed by atoms with E-state index in [1.54, 1.807) is 12.1 Å². The van der Waals surface area contributed by atoms with Gasteiger partial charge in [-0.05, 0) is 35.9 Å². The van der Waals surface area contributed by atoms with Crippen LogP contribution in [0.25, 0.3) is 0 Å². The molecule has 0 saturated carbocycles. The highest BCUT2D eigenvalue weighted by atomic mass is 35.5. The summed E-state index contributed by atoms with van der Waals surface area (Å²) in [6, 6.07) is 7.72. The van der Waals surface area contributed by atoms with Crippen molar-refractivity contribution in [2.75, 3.05) is 27.4 Å². The fourth-order valence-corrected chi connectivity index (χ4v) is 2.88. The fraction of sp³-hybridized carbons (Fsp3) is 0.263. The molecule has 2 aromatic rings. The molecule has 0 aliphatic carbocycles. The highest BCUT2D eigenvalue weighted by Gasteiger charge is 2.19. The van der Waals surface area contributed by atoms with Gasteiger partial charge in [-0.1, -0.05) is 11.6 Å². The van der Waals surface area contributed by atoms with Gasteiger partial charge in [0.1, 0.15) is 13.2 Å². The average Bonchev–Trinajstić information content (AvgIpc) is 2.67. The molecule has 0 radical (unpaired) electrons. The Labute approximate surface area is 160 Å². The predicted octanol–water partition coefficient (Wildman–Crippen LogP) is 3.05. The minimum atomic E-state index is -0.521. The molecule has 0 amide bonds. The molecule has 1 aliphatic rings. The number of esters is 2. The molecule has 27 heavy (non-hydrogen) atoms. The minimum absolute atomic E-state index is 0.0295. The Bertz CT molecular complexity index is 879. The van der Waals surface area contributed by atoms with Gasteiger partial charge in [0, 0.05) is 0 Å². The Morgan fingerprint density at radius 2 is 1.85 bits per heavy atom. The number of ether oxygens (including phenoxy) is 5. The van der Waals surface area contributed by atoms with Gasteiger partial charge in [-0.2, -0.15) is 0 Å². The van der Waals surface area contributed by atoms with Gasteiger partial charge in [-0.3, -0.25) is 4.79 Å². The van der Waals surface area contributed by atoms with Crippen molar-refractivity contribution in [1.29, 1.82) is 0 Å². The number of methoxy groups -OCH3 is 2. The third kappa shape index (κ3) is 4.25. The van der Waals surface area contributed by atoms with Gasteiger partial charge in [0.05, 0.1) is 31.2 Å². The van der Waals surface area contributed by atoms with Gasteiger partial charge >= 0.3 is 11.9 Å². The summed E-state index contributed by atoms with van der Waals surface area (Å²) in [5.41, 5.74) is 0.909. The zero-order valence-electron chi connectivity index (χ0n) is 14.7. The first-order valence-corrected chi connectivity index (χ1v) is 8.44. The zero-order chi connectivity index (χ0) is 19.4. The maximum absolute atomic E-state index is 12.3. The Balaban J connectivity index is 1.74. The van der Waals surface area contributed by atoms with Crippen molar-refractivity contribution in [3.05, 3.63) is 46.5 Å². The van der Waals surface area contributed by atoms with Crippen LogP contribution in [0, 0.1) is 0 Å². The summed E-state index contributed by atoms with van der Waals surface area (Å²) in [5.74, 6) is 0.367. The highest BCUT2D eigenvalue weighted by Crippen LogP contribution is 2.38. The third-order valence-corrected chi connectivity index (χ3v) is 4.09. The van der Waals surface area contributed by atoms with Crippen molar-refractivity contribution in [3.8, 4) is 23.0 Å². The lowest BCUT2D eigenvalue weighted by atomic mass is 10.1. The normalized spacial score (nSPS) is 12.3. The van der Waals surface area contributed by atoms with Crippen LogP contribution in [0.15, 0.2) is 30.3 Å². The molecule has 142 valence electrons. The van der Waals surface area contributed by atoms with Crippen LogP contribution in [-0.2, 0) is 16.0 Å². The first-order chi connectivity index (χ1) is 13.0. The summed E-state index contributed by atoms with van der Waals surface area (Å²) in [5, 5.41) is 0.370. The number of rotatable bonds is 5. The van der Waals surface area contributed by atoms with Crippen LogP contribution in [0.4, 0.5) is 0 Å². The van der Waals surface area contributed by atoms with Crippen molar-refractivity contribution in [2.45, 2.75) is 6.42 Å². The second-order valence-corrected chi connectivity index (χ2v) is 6.02. The minimum Gasteiger partial charge on any atom is -0.493 e. The van der Waals surface area contributed by atoms with Gasteiger partial charge in [0.15, 0.2) is 23.0 Å². The van der Waals surface area contributed by atoms with Crippen LogP contribution in [-0.4, -0.2) is 39.4 Å². The van der Waals surface area contributed by atoms with Crippen molar-refractivity contribution in [2.24, 2.45) is 0 Å². The van der Waals surface area contributed by atoms with Gasteiger partial charge in [0.25, 0.3) is 0 Å². The molecular weight excluding hydrogens is 376 g/mol. The van der Waals surface area contributed by atoms with E-state index in [9.17, 15) is 9.59 Å². The molecule has 0 aromatic heterocycles. The summed E-state index contributed by atoms with van der Waals surface area (Å²) < 4.78 is 26.2. The van der Waals surface area contributed by atoms with E-state index >= 15 is 0 Å². The van der Waals surface area contributed by atoms with E-state index in [-0.39, 0.29) is 23.5 Å². The molecule has 3 rings (SSSR count). The number of hydrogen-bond acceptors (Lipinski definition) is 7. The van der Waals surface area contributed by atoms with E-state index in [2.05, 4.69) is 4.74 Å². The smallest absolute Gasteiger partial charge is 0.337 e. The standard InChI is InChI=1S/C19H17ClO7/c1-23-15-10-12(19(22)24-2)3-4-14(15)27-17(21)9-11-7-13(20)18-16(8-11)25-5-6-26-18/h3-4,7-8,10H,5-6,9H2,1-2H3. The maximum Gasteiger partial charge on any atom is 0.337 e. The van der Waals surface area contributed by atoms with Crippen LogP contribution in [0.3, 0.4) is 0 Å². The van der Waals surface area contributed by atoms with Gasteiger partial charge in [-0.25, -0.2) is 4.79 Å². The number of fused-ring (bicyclic) bond motifs is 1. The Kier molecular flexibility index (Phi) is 5.71. The molecular formula is C19H17ClO7. The van der Waals surface area contributed by atoms with Gasteiger partial charge in [0.2, 0.25) is 0 Å². The van der Waals surface area contributed by atoms with E-state index in [1.807, 2.05) is 0 Å². The Morgan fingerprint density at radius 1 is 1.07 bits per heavy atom. The number of hydrogen-bond donors (Lipinski definition) is 0. The Hall–Kier alpha value is -2.93. The van der Waals surface area contributed by atoms with Crippen molar-refractivity contribution >= 4 is 23.5 Å². The molecule has 0 spiro atoms. The van der Waals surface area contributed by atoms with Crippen molar-refractivity contribution in [3.63, 3.8) is 0 Å². The predicted molar refractivity (Wildman–Crippen MR) is 96.1 cm³/mol. The lowest BCUT2D eigenvalue weighted by molar-refractivity contribution is -0.133. The largest absolute Gasteiger partial charge is 0.493 e. The SMILES string of the molecule is COC(=O)c1ccc(OC(=O)Cc2cc(Cl)c3c(c2)OCCO3)c(OC)c1. The third-order valence-electron chi connectivity index (χ3n) is 3.81. The average molecular weight is 393 g/mol. The van der Waals surface area contributed by atoms with Gasteiger partial charge in [-0.15, -0.1) is 0 Å². The molecule has 1 heterocycles. The van der Waals surface area contributed by atoms with E-state index in [1.165, 1.54) is 32.4 Å². The topological polar surface area (TPSA) is 80.3 Å². The molecule has 1 aliphatic heterocycles. The maximum atomic E-state index is 12.3. The fourth-order valence-electron chi connectivity index (χ4n) is 2.59. The monoisotopic (exact) mass is 392 g/mol. The quantitative estimate of drug-likeness (QED) is 0.571. The number of benzene rings is 2. The van der Waals surface area contributed by atoms with Crippen LogP contribution in [0.5, 0.6) is 23.0 Å². The molecule has 7 nitrogen and oxygen atoms in total. The summed E-state index contributed by atoms with van der Waals surface area (Å²) in [7, 11) is 2.69. The van der Waals surface area contributed by atoms with E-state index in [4.69, 9.17) is 30.5 Å².